The van der Waals surface area contributed by atoms with E-state index in [0.29, 0.717) is 18.9 Å². The number of carbonyl (C=O) groups is 2. The monoisotopic (exact) mass is 448 g/mol. The van der Waals surface area contributed by atoms with Crippen LogP contribution in [-0.2, 0) is 26.3 Å². The first-order chi connectivity index (χ1) is 16.0. The van der Waals surface area contributed by atoms with Crippen molar-refractivity contribution in [3.05, 3.63) is 71.3 Å². The molecule has 2 aromatic rings. The number of amides is 1. The zero-order chi connectivity index (χ0) is 23.3. The normalized spacial score (nSPS) is 18.5. The highest BCUT2D eigenvalue weighted by molar-refractivity contribution is 5.97. The molecule has 1 fully saturated rings. The van der Waals surface area contributed by atoms with E-state index in [4.69, 9.17) is 4.74 Å². The summed E-state index contributed by atoms with van der Waals surface area (Å²) >= 11 is 0. The quantitative estimate of drug-likeness (QED) is 0.578. The Morgan fingerprint density at radius 2 is 1.82 bits per heavy atom. The lowest BCUT2D eigenvalue weighted by molar-refractivity contribution is -0.146. The Balaban J connectivity index is 1.57. The minimum absolute atomic E-state index is 0.0490. The maximum absolute atomic E-state index is 12.6. The molecule has 6 heteroatoms. The van der Waals surface area contributed by atoms with Crippen LogP contribution >= 0.6 is 0 Å². The molecule has 0 saturated heterocycles. The molecule has 2 aliphatic rings. The summed E-state index contributed by atoms with van der Waals surface area (Å²) < 4.78 is 5.52. The highest BCUT2D eigenvalue weighted by Crippen LogP contribution is 2.46. The molecular formula is C27H32N2O4. The third-order valence-corrected chi connectivity index (χ3v) is 7.01. The van der Waals surface area contributed by atoms with Crippen LogP contribution in [0.4, 0.5) is 0 Å². The molecular weight excluding hydrogens is 416 g/mol. The lowest BCUT2D eigenvalue weighted by Crippen LogP contribution is -2.42. The molecule has 174 valence electrons. The zero-order valence-corrected chi connectivity index (χ0v) is 19.2. The maximum Gasteiger partial charge on any atom is 0.314 e. The van der Waals surface area contributed by atoms with Crippen molar-refractivity contribution in [1.82, 2.24) is 5.01 Å². The molecule has 2 aromatic carbocycles. The highest BCUT2D eigenvalue weighted by atomic mass is 16.5. The Labute approximate surface area is 195 Å². The molecule has 0 spiro atoms. The Morgan fingerprint density at radius 1 is 1.12 bits per heavy atom. The molecule has 0 radical (unpaired) electrons. The van der Waals surface area contributed by atoms with Crippen LogP contribution in [0.25, 0.3) is 0 Å². The number of carbonyl (C=O) groups excluding carboxylic acids is 1. The molecule has 0 bridgehead atoms. The molecule has 1 unspecified atom stereocenters. The van der Waals surface area contributed by atoms with E-state index < -0.39 is 11.4 Å². The standard InChI is InChI=1S/C27H32N2O4/c1-2-3-17-27(26(31)32,22-11-7-8-12-22)23-15-13-20(14-16-23)18-29-24(30)19-33-25(28-29)21-9-5-4-6-10-21/h4-6,9-10,13-16,22H,2-3,7-8,11-12,17-19H2,1H3,(H,31,32). The lowest BCUT2D eigenvalue weighted by Gasteiger charge is -2.36. The molecule has 1 heterocycles. The van der Waals surface area contributed by atoms with Crippen LogP contribution in [0.15, 0.2) is 59.7 Å². The van der Waals surface area contributed by atoms with E-state index in [1.54, 1.807) is 0 Å². The van der Waals surface area contributed by atoms with Crippen molar-refractivity contribution in [2.24, 2.45) is 11.0 Å². The van der Waals surface area contributed by atoms with E-state index in [1.807, 2.05) is 54.6 Å². The van der Waals surface area contributed by atoms with Gasteiger partial charge in [-0.1, -0.05) is 75.1 Å². The van der Waals surface area contributed by atoms with Gasteiger partial charge >= 0.3 is 5.97 Å². The van der Waals surface area contributed by atoms with Crippen LogP contribution in [0.3, 0.4) is 0 Å². The first kappa shape index (κ1) is 23.0. The number of ether oxygens (including phenoxy) is 1. The molecule has 1 aliphatic heterocycles. The average Bonchev–Trinajstić information content (AvgIpc) is 3.37. The first-order valence-corrected chi connectivity index (χ1v) is 11.9. The molecule has 33 heavy (non-hydrogen) atoms. The van der Waals surface area contributed by atoms with E-state index in [2.05, 4.69) is 12.0 Å². The third kappa shape index (κ3) is 4.80. The van der Waals surface area contributed by atoms with E-state index in [9.17, 15) is 14.7 Å². The van der Waals surface area contributed by atoms with Crippen LogP contribution < -0.4 is 0 Å². The van der Waals surface area contributed by atoms with Crippen molar-refractivity contribution in [1.29, 1.82) is 0 Å². The smallest absolute Gasteiger partial charge is 0.314 e. The van der Waals surface area contributed by atoms with Gasteiger partial charge in [-0.05, 0) is 48.4 Å². The largest absolute Gasteiger partial charge is 0.481 e. The molecule has 1 amide bonds. The summed E-state index contributed by atoms with van der Waals surface area (Å²) in [5, 5.41) is 16.2. The number of aliphatic carboxylic acids is 1. The van der Waals surface area contributed by atoms with Gasteiger partial charge in [-0.2, -0.15) is 0 Å². The van der Waals surface area contributed by atoms with E-state index in [1.165, 1.54) is 5.01 Å². The Bertz CT molecular complexity index is 997. The van der Waals surface area contributed by atoms with Crippen LogP contribution in [0.1, 0.15) is 68.6 Å². The fraction of sp³-hybridized carbons (Fsp3) is 0.444. The van der Waals surface area contributed by atoms with Crippen molar-refractivity contribution in [2.45, 2.75) is 63.8 Å². The van der Waals surface area contributed by atoms with Crippen LogP contribution in [0, 0.1) is 5.92 Å². The van der Waals surface area contributed by atoms with Gasteiger partial charge in [-0.15, -0.1) is 5.10 Å². The average molecular weight is 449 g/mol. The molecule has 6 nitrogen and oxygen atoms in total. The minimum atomic E-state index is -0.835. The number of unbranched alkanes of at least 4 members (excludes halogenated alkanes) is 1. The maximum atomic E-state index is 12.6. The Morgan fingerprint density at radius 3 is 2.45 bits per heavy atom. The lowest BCUT2D eigenvalue weighted by atomic mass is 9.66. The number of hydrogen-bond acceptors (Lipinski definition) is 4. The van der Waals surface area contributed by atoms with Crippen molar-refractivity contribution in [3.63, 3.8) is 0 Å². The molecule has 0 aromatic heterocycles. The van der Waals surface area contributed by atoms with Gasteiger partial charge in [0.15, 0.2) is 6.61 Å². The summed E-state index contributed by atoms with van der Waals surface area (Å²) in [4.78, 5) is 25.0. The first-order valence-electron chi connectivity index (χ1n) is 11.9. The van der Waals surface area contributed by atoms with E-state index in [-0.39, 0.29) is 18.4 Å². The SMILES string of the molecule is CCCCC(C(=O)O)(c1ccc(CN2N=C(c3ccccc3)OCC2=O)cc1)C1CCCC1. The second kappa shape index (κ2) is 10.2. The molecule has 1 N–H and O–H groups in total. The fourth-order valence-electron chi connectivity index (χ4n) is 5.19. The zero-order valence-electron chi connectivity index (χ0n) is 19.2. The Kier molecular flexibility index (Phi) is 7.11. The van der Waals surface area contributed by atoms with Gasteiger partial charge in [0.05, 0.1) is 12.0 Å². The number of hydrazone groups is 1. The van der Waals surface area contributed by atoms with Gasteiger partial charge in [-0.25, -0.2) is 5.01 Å². The highest BCUT2D eigenvalue weighted by Gasteiger charge is 2.47. The van der Waals surface area contributed by atoms with Crippen molar-refractivity contribution < 1.29 is 19.4 Å². The summed E-state index contributed by atoms with van der Waals surface area (Å²) in [6.45, 7) is 2.37. The third-order valence-electron chi connectivity index (χ3n) is 7.01. The Hall–Kier alpha value is -3.15. The summed E-state index contributed by atoms with van der Waals surface area (Å²) in [7, 11) is 0. The molecule has 1 aliphatic carbocycles. The van der Waals surface area contributed by atoms with Gasteiger partial charge < -0.3 is 9.84 Å². The molecule has 1 saturated carbocycles. The number of rotatable bonds is 9. The topological polar surface area (TPSA) is 79.2 Å². The van der Waals surface area contributed by atoms with Crippen LogP contribution in [0.2, 0.25) is 0 Å². The number of hydrogen-bond donors (Lipinski definition) is 1. The number of carboxylic acid groups (broad SMARTS) is 1. The summed E-state index contributed by atoms with van der Waals surface area (Å²) in [5.74, 6) is -0.313. The predicted octanol–water partition coefficient (Wildman–Crippen LogP) is 5.11. The fourth-order valence-corrected chi connectivity index (χ4v) is 5.19. The second-order valence-corrected chi connectivity index (χ2v) is 9.07. The van der Waals surface area contributed by atoms with E-state index >= 15 is 0 Å². The second-order valence-electron chi connectivity index (χ2n) is 9.07. The van der Waals surface area contributed by atoms with Crippen LogP contribution in [0.5, 0.6) is 0 Å². The van der Waals surface area contributed by atoms with Gasteiger partial charge in [0.1, 0.15) is 0 Å². The van der Waals surface area contributed by atoms with Gasteiger partial charge in [-0.3, -0.25) is 9.59 Å². The van der Waals surface area contributed by atoms with Crippen molar-refractivity contribution in [2.75, 3.05) is 6.61 Å². The number of nitrogens with zero attached hydrogens (tertiary/aromatic N) is 2. The van der Waals surface area contributed by atoms with Gasteiger partial charge in [0, 0.05) is 5.56 Å². The predicted molar refractivity (Wildman–Crippen MR) is 127 cm³/mol. The van der Waals surface area contributed by atoms with Gasteiger partial charge in [0.25, 0.3) is 5.91 Å². The number of benzene rings is 2. The summed E-state index contributed by atoms with van der Waals surface area (Å²) in [6, 6.07) is 17.3. The summed E-state index contributed by atoms with van der Waals surface area (Å²) in [5.41, 5.74) is 1.77. The van der Waals surface area contributed by atoms with Crippen molar-refractivity contribution in [3.8, 4) is 0 Å². The molecule has 4 rings (SSSR count). The minimum Gasteiger partial charge on any atom is -0.481 e. The van der Waals surface area contributed by atoms with Crippen LogP contribution in [-0.4, -0.2) is 34.5 Å². The summed E-state index contributed by atoms with van der Waals surface area (Å²) in [6.07, 6.45) is 6.67. The van der Waals surface area contributed by atoms with Crippen molar-refractivity contribution >= 4 is 17.8 Å². The molecule has 1 atom stereocenters. The van der Waals surface area contributed by atoms with Gasteiger partial charge in [0.2, 0.25) is 5.90 Å². The number of carboxylic acids is 1. The van der Waals surface area contributed by atoms with E-state index in [0.717, 1.165) is 55.2 Å².